The Balaban J connectivity index is 2.23. The second-order valence-electron chi connectivity index (χ2n) is 4.60. The molecule has 0 radical (unpaired) electrons. The number of rotatable bonds is 4. The lowest BCUT2D eigenvalue weighted by atomic mass is 10.1. The molecule has 0 atom stereocenters. The fraction of sp³-hybridized carbons (Fsp3) is 0. The van der Waals surface area contributed by atoms with Gasteiger partial charge in [0.15, 0.2) is 0 Å². The maximum atomic E-state index is 12.0. The minimum Gasteiger partial charge on any atom is -0.355 e. The molecule has 0 saturated heterocycles. The first-order valence-electron chi connectivity index (χ1n) is 6.76. The molecule has 0 amide bonds. The molecule has 0 saturated carbocycles. The van der Waals surface area contributed by atoms with E-state index in [9.17, 15) is 8.42 Å². The summed E-state index contributed by atoms with van der Waals surface area (Å²) in [6.07, 6.45) is 0. The fourth-order valence-electron chi connectivity index (χ4n) is 2.30. The van der Waals surface area contributed by atoms with Crippen LogP contribution in [0.3, 0.4) is 0 Å². The molecule has 0 aromatic heterocycles. The zero-order valence-electron chi connectivity index (χ0n) is 12.0. The van der Waals surface area contributed by atoms with Crippen molar-refractivity contribution in [2.75, 3.05) is 5.32 Å². The maximum absolute atomic E-state index is 12.0. The zero-order chi connectivity index (χ0) is 15.6. The van der Waals surface area contributed by atoms with E-state index in [1.165, 1.54) is 6.07 Å². The quantitative estimate of drug-likeness (QED) is 0.719. The van der Waals surface area contributed by atoms with Crippen LogP contribution >= 0.6 is 0 Å². The summed E-state index contributed by atoms with van der Waals surface area (Å²) in [5, 5.41) is 4.45. The molecule has 0 fully saturated rings. The largest absolute Gasteiger partial charge is 0.355 e. The van der Waals surface area contributed by atoms with Crippen molar-refractivity contribution in [3.8, 4) is 0 Å². The lowest BCUT2D eigenvalue weighted by Gasteiger charge is -2.12. The molecule has 3 aromatic rings. The van der Waals surface area contributed by atoms with Crippen LogP contribution in [0.5, 0.6) is 0 Å². The number of hydrogen-bond donors (Lipinski definition) is 2. The van der Waals surface area contributed by atoms with Crippen LogP contribution < -0.4 is 5.32 Å². The number of benzene rings is 3. The average molecular weight is 300 g/mol. The third-order valence-corrected chi connectivity index (χ3v) is 4.07. The molecule has 0 heterocycles. The van der Waals surface area contributed by atoms with E-state index < -0.39 is 10.1 Å². The number of fused-ring (bicyclic) bond motifs is 1. The smallest absolute Gasteiger partial charge is 0.295 e. The fourth-order valence-corrected chi connectivity index (χ4v) is 3.02. The molecule has 3 aromatic carbocycles. The van der Waals surface area contributed by atoms with Crippen molar-refractivity contribution in [2.24, 2.45) is 0 Å². The average Bonchev–Trinajstić information content (AvgIpc) is 2.55. The molecule has 5 heteroatoms. The number of nitrogens with one attached hydrogen (secondary N) is 1. The van der Waals surface area contributed by atoms with Crippen LogP contribution in [0.1, 0.15) is 0 Å². The van der Waals surface area contributed by atoms with Crippen molar-refractivity contribution in [3.05, 3.63) is 66.7 Å². The van der Waals surface area contributed by atoms with Gasteiger partial charge in [-0.2, -0.15) is 8.42 Å². The van der Waals surface area contributed by atoms with Crippen molar-refractivity contribution < 1.29 is 13.0 Å². The highest BCUT2D eigenvalue weighted by Crippen LogP contribution is 2.31. The van der Waals surface area contributed by atoms with Crippen LogP contribution in [0.2, 0.25) is 0 Å². The Hall–Kier alpha value is -2.37. The Morgan fingerprint density at radius 1 is 0.905 bits per heavy atom. The van der Waals surface area contributed by atoms with Gasteiger partial charge in [0.2, 0.25) is 1.43 Å². The highest BCUT2D eigenvalue weighted by molar-refractivity contribution is 7.86. The Kier molecular flexibility index (Phi) is 3.06. The van der Waals surface area contributed by atoms with Crippen LogP contribution in [0.4, 0.5) is 11.4 Å². The standard InChI is InChI=1S/C16H13NO3S/c18-21(19,20)15-11-5-7-12-6-4-10-14(16(12)15)17-13-8-2-1-3-9-13/h1-11,17H,(H,18,19,20)/i/hD. The van der Waals surface area contributed by atoms with E-state index in [0.717, 1.165) is 11.1 Å². The molecule has 2 N–H and O–H groups in total. The summed E-state index contributed by atoms with van der Waals surface area (Å²) in [5.74, 6) is 0. The predicted molar refractivity (Wildman–Crippen MR) is 83.5 cm³/mol. The third kappa shape index (κ3) is 2.74. The maximum Gasteiger partial charge on any atom is 0.295 e. The van der Waals surface area contributed by atoms with E-state index >= 15 is 0 Å². The van der Waals surface area contributed by atoms with Crippen molar-refractivity contribution in [1.29, 1.82) is 1.43 Å². The first-order chi connectivity index (χ1) is 10.6. The van der Waals surface area contributed by atoms with E-state index in [1.807, 2.05) is 48.5 Å². The van der Waals surface area contributed by atoms with Gasteiger partial charge < -0.3 is 5.32 Å². The summed E-state index contributed by atoms with van der Waals surface area (Å²) >= 11 is 0. The van der Waals surface area contributed by atoms with Crippen molar-refractivity contribution in [3.63, 3.8) is 0 Å². The lowest BCUT2D eigenvalue weighted by Crippen LogP contribution is -2.01. The molecule has 4 nitrogen and oxygen atoms in total. The molecule has 21 heavy (non-hydrogen) atoms. The number of para-hydroxylation sites is 1. The van der Waals surface area contributed by atoms with Crippen molar-refractivity contribution in [2.45, 2.75) is 4.90 Å². The molecule has 0 unspecified atom stereocenters. The third-order valence-electron chi connectivity index (χ3n) is 3.19. The summed E-state index contributed by atoms with van der Waals surface area (Å²) in [6, 6.07) is 19.8. The molecule has 0 aliphatic rings. The summed E-state index contributed by atoms with van der Waals surface area (Å²) in [5.41, 5.74) is 1.48. The predicted octanol–water partition coefficient (Wildman–Crippen LogP) is 3.83. The first kappa shape index (κ1) is 12.4. The molecule has 0 aliphatic carbocycles. The summed E-state index contributed by atoms with van der Waals surface area (Å²) in [7, 11) is -4.11. The van der Waals surface area contributed by atoms with Crippen molar-refractivity contribution in [1.82, 2.24) is 0 Å². The summed E-state index contributed by atoms with van der Waals surface area (Å²) < 4.78 is 34.7. The highest BCUT2D eigenvalue weighted by Gasteiger charge is 2.16. The van der Waals surface area contributed by atoms with Gasteiger partial charge in [0.05, 0.1) is 0 Å². The Bertz CT molecular complexity index is 906. The molecule has 0 aliphatic heterocycles. The van der Waals surface area contributed by atoms with Crippen LogP contribution in [0.25, 0.3) is 12.2 Å². The van der Waals surface area contributed by atoms with Gasteiger partial charge in [-0.3, -0.25) is 4.56 Å². The monoisotopic (exact) mass is 300 g/mol. The lowest BCUT2D eigenvalue weighted by molar-refractivity contribution is 0.484. The van der Waals surface area contributed by atoms with Gasteiger partial charge in [0, 0.05) is 16.8 Å². The van der Waals surface area contributed by atoms with Gasteiger partial charge >= 0.3 is 0 Å². The SMILES string of the molecule is [2H]OS(=O)(=O)c1cccc2cccc(Nc3ccccc3)c12. The Morgan fingerprint density at radius 2 is 1.62 bits per heavy atom. The van der Waals surface area contributed by atoms with E-state index in [1.54, 1.807) is 12.1 Å². The Morgan fingerprint density at radius 3 is 2.33 bits per heavy atom. The number of hydrogen-bond acceptors (Lipinski definition) is 4. The zero-order valence-corrected chi connectivity index (χ0v) is 11.8. The van der Waals surface area contributed by atoms with Crippen LogP contribution in [0, 0.1) is 0 Å². The molecule has 0 bridgehead atoms. The van der Waals surface area contributed by atoms with E-state index in [4.69, 9.17) is 1.43 Å². The van der Waals surface area contributed by atoms with Crippen molar-refractivity contribution >= 4 is 32.3 Å². The van der Waals surface area contributed by atoms with Gasteiger partial charge in [-0.25, -0.2) is 0 Å². The van der Waals surface area contributed by atoms with Gasteiger partial charge in [-0.05, 0) is 29.7 Å². The molecule has 106 valence electrons. The van der Waals surface area contributed by atoms with Gasteiger partial charge in [-0.15, -0.1) is 0 Å². The van der Waals surface area contributed by atoms with E-state index in [-0.39, 0.29) is 4.90 Å². The van der Waals surface area contributed by atoms with Gasteiger partial charge in [0.25, 0.3) is 10.1 Å². The van der Waals surface area contributed by atoms with Gasteiger partial charge in [-0.1, -0.05) is 42.5 Å². The second kappa shape index (κ2) is 5.20. The van der Waals surface area contributed by atoms with E-state index in [2.05, 4.69) is 9.87 Å². The summed E-state index contributed by atoms with van der Waals surface area (Å²) in [6.45, 7) is 0. The first-order valence-corrected chi connectivity index (χ1v) is 7.76. The topological polar surface area (TPSA) is 66.4 Å². The van der Waals surface area contributed by atoms with Crippen LogP contribution in [-0.2, 0) is 10.1 Å². The molecular weight excluding hydrogens is 286 g/mol. The highest BCUT2D eigenvalue weighted by atomic mass is 32.2. The van der Waals surface area contributed by atoms with Crippen LogP contribution in [-0.4, -0.2) is 13.0 Å². The Labute approximate surface area is 124 Å². The number of anilines is 2. The molecular formula is C16H13NO3S. The molecule has 0 spiro atoms. The van der Waals surface area contributed by atoms with E-state index in [0.29, 0.717) is 11.1 Å². The molecule has 3 rings (SSSR count). The van der Waals surface area contributed by atoms with Crippen LogP contribution in [0.15, 0.2) is 71.6 Å². The second-order valence-corrected chi connectivity index (χ2v) is 5.95. The normalized spacial score (nSPS) is 12.1. The van der Waals surface area contributed by atoms with Gasteiger partial charge in [0.1, 0.15) is 4.90 Å². The minimum absolute atomic E-state index is 0.0287. The minimum atomic E-state index is -4.11. The summed E-state index contributed by atoms with van der Waals surface area (Å²) in [4.78, 5) is -0.0287.